The molecule has 0 unspecified atom stereocenters. The Morgan fingerprint density at radius 1 is 1.23 bits per heavy atom. The molecule has 0 aliphatic heterocycles. The van der Waals surface area contributed by atoms with Gasteiger partial charge in [0.15, 0.2) is 11.4 Å². The van der Waals surface area contributed by atoms with Gasteiger partial charge in [-0.15, -0.1) is 0 Å². The summed E-state index contributed by atoms with van der Waals surface area (Å²) < 4.78 is 1.39. The van der Waals surface area contributed by atoms with Gasteiger partial charge in [-0.05, 0) is 18.1 Å². The third-order valence-electron chi connectivity index (χ3n) is 2.84. The maximum absolute atomic E-state index is 11.9. The number of carbonyl (C=O) groups is 2. The predicted octanol–water partition coefficient (Wildman–Crippen LogP) is 1.38. The highest BCUT2D eigenvalue weighted by Crippen LogP contribution is 2.17. The number of rotatable bonds is 4. The first-order valence-electron chi connectivity index (χ1n) is 6.90. The van der Waals surface area contributed by atoms with E-state index in [1.807, 2.05) is 32.0 Å². The molecule has 3 N–H and O–H groups in total. The molecule has 0 aliphatic carbocycles. The average Bonchev–Trinajstić information content (AvgIpc) is 2.87. The highest BCUT2D eigenvalue weighted by Gasteiger charge is 2.17. The van der Waals surface area contributed by atoms with Crippen LogP contribution < -0.4 is 10.9 Å². The van der Waals surface area contributed by atoms with Crippen LogP contribution in [0.25, 0.3) is 5.69 Å². The summed E-state index contributed by atoms with van der Waals surface area (Å²) >= 11 is 0. The fourth-order valence-corrected chi connectivity index (χ4v) is 1.85. The fraction of sp³-hybridized carbons (Fsp3) is 0.267. The Labute approximate surface area is 127 Å². The zero-order valence-electron chi connectivity index (χ0n) is 12.4. The molecule has 7 nitrogen and oxygen atoms in total. The smallest absolute Gasteiger partial charge is 0.294 e. The molecular formula is C15H18N4O3. The lowest BCUT2D eigenvalue weighted by Crippen LogP contribution is -2.42. The van der Waals surface area contributed by atoms with Gasteiger partial charge in [-0.3, -0.25) is 20.4 Å². The van der Waals surface area contributed by atoms with Crippen LogP contribution in [0, 0.1) is 5.92 Å². The van der Waals surface area contributed by atoms with E-state index in [1.54, 1.807) is 12.1 Å². The summed E-state index contributed by atoms with van der Waals surface area (Å²) in [7, 11) is 0. The van der Waals surface area contributed by atoms with Crippen molar-refractivity contribution in [1.29, 1.82) is 0 Å². The molecule has 2 rings (SSSR count). The van der Waals surface area contributed by atoms with E-state index in [4.69, 9.17) is 0 Å². The van der Waals surface area contributed by atoms with Crippen LogP contribution >= 0.6 is 0 Å². The number of hydrazine groups is 1. The van der Waals surface area contributed by atoms with Crippen LogP contribution in [0.3, 0.4) is 0 Å². The summed E-state index contributed by atoms with van der Waals surface area (Å²) in [5.41, 5.74) is 5.08. The summed E-state index contributed by atoms with van der Waals surface area (Å²) in [6, 6.07) is 9.07. The lowest BCUT2D eigenvalue weighted by molar-refractivity contribution is -0.122. The van der Waals surface area contributed by atoms with Gasteiger partial charge in [-0.25, -0.2) is 4.68 Å². The highest BCUT2D eigenvalue weighted by atomic mass is 16.3. The highest BCUT2D eigenvalue weighted by molar-refractivity contribution is 5.95. The molecular weight excluding hydrogens is 284 g/mol. The largest absolute Gasteiger partial charge is 0.504 e. The van der Waals surface area contributed by atoms with Crippen LogP contribution in [0.5, 0.6) is 5.75 Å². The van der Waals surface area contributed by atoms with Gasteiger partial charge < -0.3 is 5.11 Å². The topological polar surface area (TPSA) is 96.3 Å². The van der Waals surface area contributed by atoms with Crippen molar-refractivity contribution in [1.82, 2.24) is 20.6 Å². The van der Waals surface area contributed by atoms with E-state index >= 15 is 0 Å². The lowest BCUT2D eigenvalue weighted by atomic mass is 10.1. The molecule has 0 saturated carbocycles. The summed E-state index contributed by atoms with van der Waals surface area (Å²) in [6.45, 7) is 3.80. The van der Waals surface area contributed by atoms with Crippen molar-refractivity contribution in [3.05, 3.63) is 42.2 Å². The third kappa shape index (κ3) is 3.85. The molecule has 1 heterocycles. The van der Waals surface area contributed by atoms with E-state index in [0.717, 1.165) is 0 Å². The van der Waals surface area contributed by atoms with Crippen LogP contribution in [0.4, 0.5) is 0 Å². The summed E-state index contributed by atoms with van der Waals surface area (Å²) in [6.07, 6.45) is 1.63. The zero-order chi connectivity index (χ0) is 16.1. The number of hydrogen-bond donors (Lipinski definition) is 3. The number of carbonyl (C=O) groups excluding carboxylic acids is 2. The number of benzene rings is 1. The number of nitrogens with one attached hydrogen (secondary N) is 2. The summed E-state index contributed by atoms with van der Waals surface area (Å²) in [5, 5.41) is 13.8. The minimum atomic E-state index is -0.677. The Bertz CT molecular complexity index is 665. The molecule has 1 aromatic heterocycles. The van der Waals surface area contributed by atoms with Crippen LogP contribution in [0.2, 0.25) is 0 Å². The van der Waals surface area contributed by atoms with Crippen LogP contribution in [0.15, 0.2) is 36.5 Å². The van der Waals surface area contributed by atoms with E-state index in [2.05, 4.69) is 16.0 Å². The molecule has 7 heteroatoms. The lowest BCUT2D eigenvalue weighted by Gasteiger charge is -2.07. The molecule has 2 amide bonds. The van der Waals surface area contributed by atoms with Crippen molar-refractivity contribution in [3.63, 3.8) is 0 Å². The van der Waals surface area contributed by atoms with E-state index < -0.39 is 5.91 Å². The molecule has 0 fully saturated rings. The molecule has 0 saturated heterocycles. The van der Waals surface area contributed by atoms with Gasteiger partial charge in [0, 0.05) is 6.42 Å². The van der Waals surface area contributed by atoms with Crippen LogP contribution in [-0.4, -0.2) is 26.7 Å². The maximum atomic E-state index is 11.9. The van der Waals surface area contributed by atoms with Gasteiger partial charge in [0.25, 0.3) is 5.91 Å². The van der Waals surface area contributed by atoms with E-state index in [1.165, 1.54) is 10.9 Å². The minimum absolute atomic E-state index is 0.159. The third-order valence-corrected chi connectivity index (χ3v) is 2.84. The summed E-state index contributed by atoms with van der Waals surface area (Å²) in [4.78, 5) is 23.4. The van der Waals surface area contributed by atoms with Crippen molar-refractivity contribution >= 4 is 11.8 Å². The van der Waals surface area contributed by atoms with Gasteiger partial charge in [-0.1, -0.05) is 32.0 Å². The summed E-state index contributed by atoms with van der Waals surface area (Å²) in [5.74, 6) is -1.06. The van der Waals surface area contributed by atoms with Gasteiger partial charge >= 0.3 is 0 Å². The molecule has 0 spiro atoms. The van der Waals surface area contributed by atoms with Crippen molar-refractivity contribution in [2.24, 2.45) is 5.92 Å². The van der Waals surface area contributed by atoms with E-state index in [9.17, 15) is 14.7 Å². The normalized spacial score (nSPS) is 10.5. The zero-order valence-corrected chi connectivity index (χ0v) is 12.4. The number of nitrogens with zero attached hydrogens (tertiary/aromatic N) is 2. The molecule has 0 radical (unpaired) electrons. The van der Waals surface area contributed by atoms with E-state index in [0.29, 0.717) is 12.1 Å². The molecule has 1 aromatic carbocycles. The maximum Gasteiger partial charge on any atom is 0.294 e. The molecule has 0 bridgehead atoms. The number of amides is 2. The van der Waals surface area contributed by atoms with Crippen LogP contribution in [0.1, 0.15) is 30.8 Å². The second-order valence-corrected chi connectivity index (χ2v) is 5.24. The van der Waals surface area contributed by atoms with E-state index in [-0.39, 0.29) is 23.3 Å². The number of hydrogen-bond acceptors (Lipinski definition) is 4. The second kappa shape index (κ2) is 6.75. The quantitative estimate of drug-likeness (QED) is 0.743. The van der Waals surface area contributed by atoms with Crippen molar-refractivity contribution in [2.75, 3.05) is 0 Å². The standard InChI is InChI=1S/C15H18N4O3/c1-10(2)8-13(21)16-17-15(22)14-12(20)9-19(18-14)11-6-4-3-5-7-11/h3-7,9-10,20H,8H2,1-2H3,(H,16,21)(H,17,22). The molecule has 116 valence electrons. The van der Waals surface area contributed by atoms with Gasteiger partial charge in [0.2, 0.25) is 5.91 Å². The molecule has 0 aliphatic rings. The Morgan fingerprint density at radius 2 is 1.91 bits per heavy atom. The van der Waals surface area contributed by atoms with Crippen molar-refractivity contribution in [3.8, 4) is 11.4 Å². The number of para-hydroxylation sites is 1. The first-order chi connectivity index (χ1) is 10.5. The fourth-order valence-electron chi connectivity index (χ4n) is 1.85. The predicted molar refractivity (Wildman–Crippen MR) is 80.3 cm³/mol. The first kappa shape index (κ1) is 15.6. The average molecular weight is 302 g/mol. The Hall–Kier alpha value is -2.83. The van der Waals surface area contributed by atoms with Gasteiger partial charge in [0.05, 0.1) is 11.9 Å². The Morgan fingerprint density at radius 3 is 2.55 bits per heavy atom. The molecule has 2 aromatic rings. The SMILES string of the molecule is CC(C)CC(=O)NNC(=O)c1nn(-c2ccccc2)cc1O. The first-order valence-corrected chi connectivity index (χ1v) is 6.90. The second-order valence-electron chi connectivity index (χ2n) is 5.24. The number of aromatic nitrogens is 2. The number of aromatic hydroxyl groups is 1. The molecule has 22 heavy (non-hydrogen) atoms. The van der Waals surface area contributed by atoms with Crippen molar-refractivity contribution < 1.29 is 14.7 Å². The Kier molecular flexibility index (Phi) is 4.77. The van der Waals surface area contributed by atoms with Gasteiger partial charge in [-0.2, -0.15) is 5.10 Å². The molecule has 0 atom stereocenters. The van der Waals surface area contributed by atoms with Gasteiger partial charge in [0.1, 0.15) is 0 Å². The Balaban J connectivity index is 2.05. The monoisotopic (exact) mass is 302 g/mol. The minimum Gasteiger partial charge on any atom is -0.504 e. The van der Waals surface area contributed by atoms with Crippen molar-refractivity contribution in [2.45, 2.75) is 20.3 Å². The van der Waals surface area contributed by atoms with Crippen LogP contribution in [-0.2, 0) is 4.79 Å².